The van der Waals surface area contributed by atoms with Crippen molar-refractivity contribution in [2.45, 2.75) is 29.7 Å². The van der Waals surface area contributed by atoms with E-state index in [0.717, 1.165) is 5.56 Å². The average Bonchev–Trinajstić information content (AvgIpc) is 3.12. The third kappa shape index (κ3) is 3.03. The number of carbonyl (C=O) groups excluding carboxylic acids is 1. The number of amides is 1. The Labute approximate surface area is 144 Å². The van der Waals surface area contributed by atoms with Crippen LogP contribution in [0.15, 0.2) is 17.9 Å². The summed E-state index contributed by atoms with van der Waals surface area (Å²) in [6.45, 7) is 3.77. The Kier molecular flexibility index (Phi) is 3.91. The second-order valence-corrected chi connectivity index (χ2v) is 10.1. The third-order valence-electron chi connectivity index (χ3n) is 3.56. The molecule has 1 fully saturated rings. The minimum atomic E-state index is -0.448. The molecule has 2 aliphatic rings. The molecule has 2 aliphatic heterocycles. The van der Waals surface area contributed by atoms with Gasteiger partial charge in [0.1, 0.15) is 0 Å². The van der Waals surface area contributed by atoms with Gasteiger partial charge in [-0.05, 0) is 0 Å². The number of halogens is 3. The fourth-order valence-corrected chi connectivity index (χ4v) is 4.92. The number of aliphatic hydroxyl groups excluding tert-OH is 1. The number of carbonyl (C=O) groups is 1. The molecule has 0 saturated carbocycles. The average molecular weight is 439 g/mol. The molecule has 0 aromatic heterocycles. The zero-order chi connectivity index (χ0) is 15.4. The first-order valence-corrected chi connectivity index (χ1v) is 10.1. The normalized spacial score (nSPS) is 24.4. The quantitative estimate of drug-likeness (QED) is 0.527. The zero-order valence-corrected chi connectivity index (χ0v) is 15.3. The number of hydrogen-bond acceptors (Lipinski definition) is 2. The molecule has 0 aliphatic carbocycles. The van der Waals surface area contributed by atoms with Crippen LogP contribution in [0.2, 0.25) is 10.0 Å². The molecule has 0 spiro atoms. The summed E-state index contributed by atoms with van der Waals surface area (Å²) < 4.78 is 1.65. The molecule has 2 heterocycles. The van der Waals surface area contributed by atoms with E-state index in [2.05, 4.69) is 5.32 Å². The van der Waals surface area contributed by atoms with Crippen molar-refractivity contribution in [2.75, 3.05) is 4.43 Å². The molecule has 2 N–H and O–H groups in total. The standard InChI is InChI=1S/C15H15Cl2INO2/c1-15(2)5-11(20)13(14(21)19-15)12-8(10-6-18-10)3-7(16)4-9(12)17/h3-4,10,20H,5-6H2,1-2H3,(H,19,21)/q-1. The van der Waals surface area contributed by atoms with Crippen LogP contribution in [0.25, 0.3) is 5.57 Å². The van der Waals surface area contributed by atoms with E-state index >= 15 is 0 Å². The fraction of sp³-hybridized carbons (Fsp3) is 0.400. The topological polar surface area (TPSA) is 49.3 Å². The SMILES string of the molecule is CC1(C)CC(O)=C(c2c(Cl)cc(Cl)cc2C2C[I-]2)C(=O)N1. The van der Waals surface area contributed by atoms with Gasteiger partial charge >= 0.3 is 144 Å². The predicted octanol–water partition coefficient (Wildman–Crippen LogP) is 0.705. The second-order valence-electron chi connectivity index (χ2n) is 5.96. The molecule has 3 rings (SSSR count). The van der Waals surface area contributed by atoms with E-state index in [9.17, 15) is 9.90 Å². The first-order valence-electron chi connectivity index (χ1n) is 6.60. The molecule has 3 nitrogen and oxygen atoms in total. The maximum atomic E-state index is 12.4. The zero-order valence-electron chi connectivity index (χ0n) is 11.6. The van der Waals surface area contributed by atoms with Crippen LogP contribution in [-0.4, -0.2) is 21.0 Å². The van der Waals surface area contributed by atoms with Gasteiger partial charge in [-0.3, -0.25) is 0 Å². The second kappa shape index (κ2) is 5.32. The molecule has 6 heteroatoms. The van der Waals surface area contributed by atoms with E-state index in [1.54, 1.807) is 6.07 Å². The van der Waals surface area contributed by atoms with Gasteiger partial charge in [-0.15, -0.1) is 0 Å². The summed E-state index contributed by atoms with van der Waals surface area (Å²) >= 11 is 12.6. The first kappa shape index (κ1) is 15.4. The number of rotatable bonds is 2. The van der Waals surface area contributed by atoms with Crippen LogP contribution in [0.1, 0.15) is 35.3 Å². The number of aliphatic hydroxyl groups is 1. The third-order valence-corrected chi connectivity index (χ3v) is 6.51. The van der Waals surface area contributed by atoms with Crippen LogP contribution >= 0.6 is 23.2 Å². The minimum absolute atomic E-state index is 0.105. The summed E-state index contributed by atoms with van der Waals surface area (Å²) in [6.07, 6.45) is 0.395. The van der Waals surface area contributed by atoms with Crippen LogP contribution in [0.4, 0.5) is 0 Å². The summed E-state index contributed by atoms with van der Waals surface area (Å²) in [4.78, 5) is 12.4. The molecule has 0 radical (unpaired) electrons. The van der Waals surface area contributed by atoms with Crippen LogP contribution in [0.5, 0.6) is 0 Å². The van der Waals surface area contributed by atoms with E-state index < -0.39 is 5.54 Å². The fourth-order valence-electron chi connectivity index (χ4n) is 2.62. The van der Waals surface area contributed by atoms with Gasteiger partial charge in [-0.2, -0.15) is 0 Å². The molecular weight excluding hydrogens is 424 g/mol. The Morgan fingerprint density at radius 1 is 1.38 bits per heavy atom. The van der Waals surface area contributed by atoms with Gasteiger partial charge in [-0.25, -0.2) is 0 Å². The van der Waals surface area contributed by atoms with Crippen molar-refractivity contribution in [2.24, 2.45) is 0 Å². The summed E-state index contributed by atoms with van der Waals surface area (Å²) in [5.41, 5.74) is 1.53. The van der Waals surface area contributed by atoms with Crippen LogP contribution < -0.4 is 26.5 Å². The molecule has 1 amide bonds. The van der Waals surface area contributed by atoms with E-state index in [1.165, 1.54) is 4.43 Å². The summed E-state index contributed by atoms with van der Waals surface area (Å²) in [7, 11) is 0. The number of alkyl halides is 2. The molecule has 1 atom stereocenters. The Balaban J connectivity index is 2.18. The van der Waals surface area contributed by atoms with Gasteiger partial charge in [0.05, 0.1) is 0 Å². The van der Waals surface area contributed by atoms with Crippen LogP contribution in [0.3, 0.4) is 0 Å². The van der Waals surface area contributed by atoms with Crippen molar-refractivity contribution in [3.8, 4) is 0 Å². The van der Waals surface area contributed by atoms with Crippen molar-refractivity contribution in [1.29, 1.82) is 0 Å². The molecule has 21 heavy (non-hydrogen) atoms. The first-order chi connectivity index (χ1) is 9.78. The Morgan fingerprint density at radius 3 is 2.62 bits per heavy atom. The van der Waals surface area contributed by atoms with E-state index in [0.29, 0.717) is 31.5 Å². The molecule has 1 aromatic carbocycles. The Bertz CT molecular complexity index is 666. The van der Waals surface area contributed by atoms with Crippen molar-refractivity contribution in [1.82, 2.24) is 5.32 Å². The van der Waals surface area contributed by atoms with Gasteiger partial charge in [0.2, 0.25) is 0 Å². The van der Waals surface area contributed by atoms with E-state index in [4.69, 9.17) is 23.2 Å². The van der Waals surface area contributed by atoms with Crippen LogP contribution in [-0.2, 0) is 4.79 Å². The van der Waals surface area contributed by atoms with E-state index in [-0.39, 0.29) is 32.9 Å². The van der Waals surface area contributed by atoms with Crippen molar-refractivity contribution in [3.63, 3.8) is 0 Å². The monoisotopic (exact) mass is 438 g/mol. The van der Waals surface area contributed by atoms with Gasteiger partial charge in [0, 0.05) is 0 Å². The van der Waals surface area contributed by atoms with Gasteiger partial charge in [-0.1, -0.05) is 0 Å². The van der Waals surface area contributed by atoms with Crippen molar-refractivity contribution < 1.29 is 31.1 Å². The van der Waals surface area contributed by atoms with Gasteiger partial charge < -0.3 is 0 Å². The number of nitrogens with one attached hydrogen (secondary N) is 1. The Morgan fingerprint density at radius 2 is 2.05 bits per heavy atom. The van der Waals surface area contributed by atoms with Crippen LogP contribution in [0, 0.1) is 0 Å². The summed E-state index contributed by atoms with van der Waals surface area (Å²) in [6, 6.07) is 3.52. The maximum absolute atomic E-state index is 12.4. The number of benzene rings is 1. The van der Waals surface area contributed by atoms with E-state index in [1.807, 2.05) is 19.9 Å². The molecular formula is C15H15Cl2INO2-. The molecule has 0 bridgehead atoms. The van der Waals surface area contributed by atoms with Gasteiger partial charge in [0.15, 0.2) is 0 Å². The number of hydrogen-bond donors (Lipinski definition) is 2. The molecule has 114 valence electrons. The molecule has 1 unspecified atom stereocenters. The summed E-state index contributed by atoms with van der Waals surface area (Å²) in [5.74, 6) is -0.166. The van der Waals surface area contributed by atoms with Gasteiger partial charge in [0.25, 0.3) is 0 Å². The van der Waals surface area contributed by atoms with Crippen molar-refractivity contribution >= 4 is 34.7 Å². The summed E-state index contributed by atoms with van der Waals surface area (Å²) in [5, 5.41) is 14.3. The Hall–Kier alpha value is -0.460. The predicted molar refractivity (Wildman–Crippen MR) is 80.5 cm³/mol. The molecule has 1 aromatic rings. The molecule has 1 saturated heterocycles. The van der Waals surface area contributed by atoms with Crippen molar-refractivity contribution in [3.05, 3.63) is 39.1 Å².